The Balaban J connectivity index is 2.82. The first kappa shape index (κ1) is 11.3. The third kappa shape index (κ3) is 2.61. The van der Waals surface area contributed by atoms with Crippen molar-refractivity contribution >= 4 is 5.97 Å². The van der Waals surface area contributed by atoms with Crippen LogP contribution < -0.4 is 4.74 Å². The highest BCUT2D eigenvalue weighted by molar-refractivity contribution is 5.72. The van der Waals surface area contributed by atoms with Gasteiger partial charge in [0.25, 0.3) is 0 Å². The fourth-order valence-corrected chi connectivity index (χ4v) is 0.894. The van der Waals surface area contributed by atoms with Crippen molar-refractivity contribution in [3.05, 3.63) is 17.8 Å². The van der Waals surface area contributed by atoms with Gasteiger partial charge in [0, 0.05) is 6.07 Å². The predicted octanol–water partition coefficient (Wildman–Crippen LogP) is -1.04. The number of carboxylic acids is 1. The number of carbonyl (C=O) groups is 1. The number of methoxy groups -OCH3 is 1. The van der Waals surface area contributed by atoms with Crippen LogP contribution >= 0.6 is 0 Å². The smallest absolute Gasteiger partial charge is 0.335 e. The summed E-state index contributed by atoms with van der Waals surface area (Å²) in [5.74, 6) is -1.30. The van der Waals surface area contributed by atoms with Crippen molar-refractivity contribution in [3.8, 4) is 5.88 Å². The Morgan fingerprint density at radius 2 is 2.07 bits per heavy atom. The normalized spacial score (nSPS) is 14.3. The van der Waals surface area contributed by atoms with Gasteiger partial charge in [0.15, 0.2) is 6.10 Å². The summed E-state index contributed by atoms with van der Waals surface area (Å²) in [5.41, 5.74) is -0.0364. The molecule has 7 heteroatoms. The molecule has 0 bridgehead atoms. The molecule has 0 amide bonds. The number of aliphatic carboxylic acids is 1. The summed E-state index contributed by atoms with van der Waals surface area (Å²) in [6.45, 7) is 0. The average molecular weight is 214 g/mol. The van der Waals surface area contributed by atoms with E-state index in [4.69, 9.17) is 14.9 Å². The number of ether oxygens (including phenoxy) is 1. The van der Waals surface area contributed by atoms with Crippen LogP contribution in [0.5, 0.6) is 5.88 Å². The Labute approximate surface area is 85.0 Å². The van der Waals surface area contributed by atoms with Crippen LogP contribution in [-0.2, 0) is 4.79 Å². The van der Waals surface area contributed by atoms with E-state index in [0.717, 1.165) is 0 Å². The summed E-state index contributed by atoms with van der Waals surface area (Å²) in [5, 5.41) is 33.8. The molecule has 0 aliphatic heterocycles. The van der Waals surface area contributed by atoms with E-state index in [1.807, 2.05) is 0 Å². The summed E-state index contributed by atoms with van der Waals surface area (Å²) in [6.07, 6.45) is -3.53. The topological polar surface area (TPSA) is 113 Å². The first-order chi connectivity index (χ1) is 7.06. The number of carboxylic acid groups (broad SMARTS) is 1. The first-order valence-corrected chi connectivity index (χ1v) is 4.03. The van der Waals surface area contributed by atoms with Crippen LogP contribution in [0.1, 0.15) is 11.8 Å². The van der Waals surface area contributed by atoms with Gasteiger partial charge in [-0.3, -0.25) is 0 Å². The lowest BCUT2D eigenvalue weighted by molar-refractivity contribution is -0.153. The van der Waals surface area contributed by atoms with Crippen LogP contribution in [0.2, 0.25) is 0 Å². The van der Waals surface area contributed by atoms with E-state index in [1.165, 1.54) is 19.2 Å². The van der Waals surface area contributed by atoms with Crippen molar-refractivity contribution in [1.29, 1.82) is 0 Å². The Morgan fingerprint density at radius 1 is 1.40 bits per heavy atom. The van der Waals surface area contributed by atoms with Crippen LogP contribution in [0, 0.1) is 0 Å². The van der Waals surface area contributed by atoms with Gasteiger partial charge in [0.1, 0.15) is 6.10 Å². The fourth-order valence-electron chi connectivity index (χ4n) is 0.894. The third-order valence-corrected chi connectivity index (χ3v) is 1.72. The van der Waals surface area contributed by atoms with E-state index < -0.39 is 18.2 Å². The lowest BCUT2D eigenvalue weighted by atomic mass is 10.1. The molecular weight excluding hydrogens is 204 g/mol. The maximum Gasteiger partial charge on any atom is 0.335 e. The second kappa shape index (κ2) is 4.67. The van der Waals surface area contributed by atoms with Gasteiger partial charge in [-0.1, -0.05) is 0 Å². The molecule has 1 heterocycles. The van der Waals surface area contributed by atoms with Crippen molar-refractivity contribution in [2.75, 3.05) is 7.11 Å². The maximum atomic E-state index is 10.4. The van der Waals surface area contributed by atoms with Crippen molar-refractivity contribution in [3.63, 3.8) is 0 Å². The minimum atomic E-state index is -1.92. The molecule has 0 saturated heterocycles. The molecule has 82 valence electrons. The molecule has 0 fully saturated rings. The summed E-state index contributed by atoms with van der Waals surface area (Å²) in [7, 11) is 1.40. The van der Waals surface area contributed by atoms with Gasteiger partial charge in [0.2, 0.25) is 5.88 Å². The number of hydrogen-bond donors (Lipinski definition) is 3. The molecule has 1 rings (SSSR count). The lowest BCUT2D eigenvalue weighted by Gasteiger charge is -2.12. The van der Waals surface area contributed by atoms with Gasteiger partial charge in [0.05, 0.1) is 12.8 Å². The molecule has 2 atom stereocenters. The molecule has 2 unspecified atom stereocenters. The largest absolute Gasteiger partial charge is 0.480 e. The predicted molar refractivity (Wildman–Crippen MR) is 47.2 cm³/mol. The van der Waals surface area contributed by atoms with Crippen LogP contribution in [0.4, 0.5) is 0 Å². The Morgan fingerprint density at radius 3 is 2.47 bits per heavy atom. The molecule has 1 aromatic heterocycles. The zero-order chi connectivity index (χ0) is 11.4. The van der Waals surface area contributed by atoms with E-state index in [2.05, 4.69) is 10.2 Å². The number of nitrogens with zero attached hydrogens (tertiary/aromatic N) is 2. The van der Waals surface area contributed by atoms with E-state index in [0.29, 0.717) is 0 Å². The molecule has 3 N–H and O–H groups in total. The van der Waals surface area contributed by atoms with Crippen molar-refractivity contribution in [2.45, 2.75) is 12.2 Å². The third-order valence-electron chi connectivity index (χ3n) is 1.72. The highest BCUT2D eigenvalue weighted by atomic mass is 16.5. The van der Waals surface area contributed by atoms with Gasteiger partial charge in [-0.15, -0.1) is 10.2 Å². The maximum absolute atomic E-state index is 10.4. The number of rotatable bonds is 4. The molecule has 0 spiro atoms. The quantitative estimate of drug-likeness (QED) is 0.586. The zero-order valence-corrected chi connectivity index (χ0v) is 7.86. The fraction of sp³-hybridized carbons (Fsp3) is 0.375. The van der Waals surface area contributed by atoms with E-state index >= 15 is 0 Å². The molecule has 15 heavy (non-hydrogen) atoms. The molecule has 0 saturated carbocycles. The molecule has 0 aliphatic rings. The Bertz CT molecular complexity index is 339. The SMILES string of the molecule is COc1ccc(C(O)C(O)C(=O)O)nn1. The minimum absolute atomic E-state index is 0.0364. The highest BCUT2D eigenvalue weighted by Crippen LogP contribution is 2.15. The van der Waals surface area contributed by atoms with Gasteiger partial charge < -0.3 is 20.1 Å². The van der Waals surface area contributed by atoms with Gasteiger partial charge in [-0.2, -0.15) is 0 Å². The molecule has 1 aromatic rings. The zero-order valence-electron chi connectivity index (χ0n) is 7.86. The molecule has 0 aliphatic carbocycles. The van der Waals surface area contributed by atoms with Crippen LogP contribution in [0.3, 0.4) is 0 Å². The monoisotopic (exact) mass is 214 g/mol. The molecule has 0 aromatic carbocycles. The van der Waals surface area contributed by atoms with Crippen LogP contribution in [0.15, 0.2) is 12.1 Å². The standard InChI is InChI=1S/C8H10N2O5/c1-15-5-3-2-4(9-10-5)6(11)7(12)8(13)14/h2-3,6-7,11-12H,1H3,(H,13,14). The van der Waals surface area contributed by atoms with E-state index in [9.17, 15) is 9.90 Å². The Kier molecular flexibility index (Phi) is 3.53. The van der Waals surface area contributed by atoms with E-state index in [1.54, 1.807) is 0 Å². The minimum Gasteiger partial charge on any atom is -0.480 e. The van der Waals surface area contributed by atoms with Crippen molar-refractivity contribution in [1.82, 2.24) is 10.2 Å². The summed E-state index contributed by atoms with van der Waals surface area (Å²) in [4.78, 5) is 10.4. The number of aliphatic hydroxyl groups excluding tert-OH is 2. The first-order valence-electron chi connectivity index (χ1n) is 4.03. The Hall–Kier alpha value is -1.73. The highest BCUT2D eigenvalue weighted by Gasteiger charge is 2.26. The van der Waals surface area contributed by atoms with E-state index in [-0.39, 0.29) is 11.6 Å². The van der Waals surface area contributed by atoms with Crippen molar-refractivity contribution < 1.29 is 24.9 Å². The molecular formula is C8H10N2O5. The summed E-state index contributed by atoms with van der Waals surface area (Å²) in [6, 6.07) is 2.72. The number of aromatic nitrogens is 2. The van der Waals surface area contributed by atoms with Crippen LogP contribution in [0.25, 0.3) is 0 Å². The van der Waals surface area contributed by atoms with Gasteiger partial charge >= 0.3 is 5.97 Å². The average Bonchev–Trinajstić information content (AvgIpc) is 2.27. The second-order valence-electron chi connectivity index (χ2n) is 2.73. The second-order valence-corrected chi connectivity index (χ2v) is 2.73. The van der Waals surface area contributed by atoms with Gasteiger partial charge in [-0.05, 0) is 6.07 Å². The lowest BCUT2D eigenvalue weighted by Crippen LogP contribution is -2.28. The number of aliphatic hydroxyl groups is 2. The number of hydrogen-bond acceptors (Lipinski definition) is 6. The van der Waals surface area contributed by atoms with Crippen LogP contribution in [-0.4, -0.2) is 44.7 Å². The molecule has 0 radical (unpaired) electrons. The summed E-state index contributed by atoms with van der Waals surface area (Å²) < 4.78 is 4.72. The van der Waals surface area contributed by atoms with Crippen molar-refractivity contribution in [2.24, 2.45) is 0 Å². The summed E-state index contributed by atoms with van der Waals surface area (Å²) >= 11 is 0. The van der Waals surface area contributed by atoms with Gasteiger partial charge in [-0.25, -0.2) is 4.79 Å². The molecule has 7 nitrogen and oxygen atoms in total.